The number of nitrogen functional groups attached to an aromatic ring is 1. The van der Waals surface area contributed by atoms with Gasteiger partial charge in [-0.25, -0.2) is 0 Å². The Hall–Kier alpha value is -6.39. The van der Waals surface area contributed by atoms with E-state index in [1.54, 1.807) is 6.08 Å². The summed E-state index contributed by atoms with van der Waals surface area (Å²) < 4.78 is 0. The molecule has 0 unspecified atom stereocenters. The van der Waals surface area contributed by atoms with Gasteiger partial charge in [0.05, 0.1) is 0 Å². The molecule has 51 heavy (non-hydrogen) atoms. The third kappa shape index (κ3) is 15.1. The summed E-state index contributed by atoms with van der Waals surface area (Å²) in [6, 6.07) is 55.0. The lowest BCUT2D eigenvalue weighted by molar-refractivity contribution is 1.32. The number of nitrogens with one attached hydrogen (secondary N) is 2. The molecule has 0 bridgehead atoms. The first-order chi connectivity index (χ1) is 24.7. The van der Waals surface area contributed by atoms with E-state index in [0.29, 0.717) is 0 Å². The van der Waals surface area contributed by atoms with Crippen molar-refractivity contribution in [2.45, 2.75) is 27.7 Å². The van der Waals surface area contributed by atoms with Crippen LogP contribution in [-0.2, 0) is 0 Å². The van der Waals surface area contributed by atoms with Gasteiger partial charge in [-0.15, -0.1) is 0 Å². The van der Waals surface area contributed by atoms with Gasteiger partial charge in [0, 0.05) is 33.9 Å². The molecule has 0 saturated carbocycles. The third-order valence-corrected chi connectivity index (χ3v) is 7.42. The number of nitrogens with two attached hydrogens (primary N) is 2. The number of aryl methyl sites for hydroxylation is 3. The molecule has 6 N–H and O–H groups in total. The van der Waals surface area contributed by atoms with Crippen LogP contribution < -0.4 is 16.8 Å². The van der Waals surface area contributed by atoms with E-state index in [1.807, 2.05) is 110 Å². The maximum atomic E-state index is 5.96. The summed E-state index contributed by atoms with van der Waals surface area (Å²) in [7, 11) is 0. The number of hydrogen-bond donors (Lipinski definition) is 4. The highest BCUT2D eigenvalue weighted by Crippen LogP contribution is 2.27. The van der Waals surface area contributed by atoms with Gasteiger partial charge >= 0.3 is 0 Å². The van der Waals surface area contributed by atoms with Crippen LogP contribution in [0.15, 0.2) is 189 Å². The van der Waals surface area contributed by atoms with Crippen LogP contribution in [0.25, 0.3) is 22.4 Å². The Balaban J connectivity index is 0.000000256. The van der Waals surface area contributed by atoms with Gasteiger partial charge in [0.1, 0.15) is 0 Å². The summed E-state index contributed by atoms with van der Waals surface area (Å²) in [6.07, 6.45) is 1.78. The van der Waals surface area contributed by atoms with Crippen molar-refractivity contribution in [3.8, 4) is 11.1 Å². The molecule has 0 spiro atoms. The first-order valence-corrected chi connectivity index (χ1v) is 16.7. The average Bonchev–Trinajstić information content (AvgIpc) is 3.15. The minimum atomic E-state index is 0.741. The van der Waals surface area contributed by atoms with Crippen molar-refractivity contribution in [1.29, 1.82) is 5.41 Å². The number of para-hydroxylation sites is 2. The topological polar surface area (TPSA) is 87.9 Å². The van der Waals surface area contributed by atoms with E-state index in [0.717, 1.165) is 39.5 Å². The molecule has 260 valence electrons. The molecule has 6 aromatic carbocycles. The molecule has 6 aromatic rings. The van der Waals surface area contributed by atoms with Gasteiger partial charge in [-0.05, 0) is 75.4 Å². The summed E-state index contributed by atoms with van der Waals surface area (Å²) >= 11 is 0. The van der Waals surface area contributed by atoms with Crippen molar-refractivity contribution in [3.63, 3.8) is 0 Å². The average molecular weight is 673 g/mol. The Bertz CT molecular complexity index is 1810. The zero-order valence-electron chi connectivity index (χ0n) is 30.4. The maximum absolute atomic E-state index is 5.96. The molecule has 0 radical (unpaired) electrons. The molecule has 0 atom stereocenters. The molecule has 0 aliphatic rings. The Kier molecular flexibility index (Phi) is 18.4. The fraction of sp³-hybridized carbons (Fsp3) is 0.0851. The molecule has 0 aromatic heterocycles. The Labute approximate surface area is 306 Å². The molecule has 0 aliphatic carbocycles. The van der Waals surface area contributed by atoms with Crippen LogP contribution in [0.3, 0.4) is 0 Å². The fourth-order valence-corrected chi connectivity index (χ4v) is 4.71. The van der Waals surface area contributed by atoms with Crippen LogP contribution in [0.5, 0.6) is 0 Å². The molecule has 4 nitrogen and oxygen atoms in total. The van der Waals surface area contributed by atoms with Crippen LogP contribution in [0.4, 0.5) is 11.4 Å². The summed E-state index contributed by atoms with van der Waals surface area (Å²) in [6.45, 7) is 18.7. The van der Waals surface area contributed by atoms with E-state index >= 15 is 0 Å². The number of anilines is 2. The molecule has 6 rings (SSSR count). The lowest BCUT2D eigenvalue weighted by Crippen LogP contribution is -2.03. The highest BCUT2D eigenvalue weighted by molar-refractivity contribution is 5.87. The lowest BCUT2D eigenvalue weighted by Gasteiger charge is -2.15. The molecule has 0 amide bonds. The Morgan fingerprint density at radius 3 is 1.27 bits per heavy atom. The van der Waals surface area contributed by atoms with Crippen LogP contribution in [0.1, 0.15) is 34.7 Å². The van der Waals surface area contributed by atoms with E-state index in [2.05, 4.69) is 107 Å². The first-order valence-electron chi connectivity index (χ1n) is 16.7. The minimum absolute atomic E-state index is 0.741. The van der Waals surface area contributed by atoms with Crippen LogP contribution in [-0.4, -0.2) is 6.72 Å². The predicted octanol–water partition coefficient (Wildman–Crippen LogP) is 12.1. The zero-order valence-corrected chi connectivity index (χ0v) is 30.4. The number of hydrogen-bond acceptors (Lipinski definition) is 4. The molecule has 0 heterocycles. The van der Waals surface area contributed by atoms with Crippen molar-refractivity contribution in [1.82, 2.24) is 0 Å². The molecule has 0 aliphatic heterocycles. The van der Waals surface area contributed by atoms with Crippen LogP contribution >= 0.6 is 0 Å². The largest absolute Gasteiger partial charge is 0.402 e. The van der Waals surface area contributed by atoms with Gasteiger partial charge in [-0.1, -0.05) is 175 Å². The van der Waals surface area contributed by atoms with E-state index in [1.165, 1.54) is 27.8 Å². The standard InChI is InChI=1S/C19H20N2.C14H14.C7H8.C6H7N.CH3N/c1-4-17(14(2)20)19-13-9-8-12-18(19)15(3)21-16-10-6-5-7-11-16;1-11-3-7-13(8-4-11)14-9-5-12(2)6-10-14;1-7-5-3-2-4-6-7;7-6-4-2-1-3-5-6;1-2/h4-13,21H,1,3,20H2,2H3;3-10H,1-2H3;2-6H,1H3;1-5H,7H2;2H,1H2/b17-14-;;;;. The Morgan fingerprint density at radius 1 is 0.549 bits per heavy atom. The predicted molar refractivity (Wildman–Crippen MR) is 226 cm³/mol. The highest BCUT2D eigenvalue weighted by atomic mass is 14.9. The smallest absolute Gasteiger partial charge is 0.0391 e. The van der Waals surface area contributed by atoms with Gasteiger partial charge in [0.15, 0.2) is 0 Å². The number of rotatable bonds is 6. The second kappa shape index (κ2) is 23.0. The lowest BCUT2D eigenvalue weighted by atomic mass is 9.96. The van der Waals surface area contributed by atoms with Gasteiger partial charge in [-0.2, -0.15) is 0 Å². The molecular formula is C47H52N4. The van der Waals surface area contributed by atoms with Gasteiger partial charge in [0.25, 0.3) is 0 Å². The fourth-order valence-electron chi connectivity index (χ4n) is 4.71. The van der Waals surface area contributed by atoms with E-state index < -0.39 is 0 Å². The van der Waals surface area contributed by atoms with Crippen molar-refractivity contribution in [2.24, 2.45) is 5.73 Å². The van der Waals surface area contributed by atoms with Crippen molar-refractivity contribution >= 4 is 29.4 Å². The molecule has 0 fully saturated rings. The molecule has 0 saturated heterocycles. The van der Waals surface area contributed by atoms with Crippen molar-refractivity contribution < 1.29 is 0 Å². The highest BCUT2D eigenvalue weighted by Gasteiger charge is 2.09. The van der Waals surface area contributed by atoms with Crippen molar-refractivity contribution in [3.05, 3.63) is 217 Å². The van der Waals surface area contributed by atoms with E-state index in [-0.39, 0.29) is 0 Å². The molecule has 4 heteroatoms. The van der Waals surface area contributed by atoms with Gasteiger partial charge in [0.2, 0.25) is 0 Å². The minimum Gasteiger partial charge on any atom is -0.402 e. The summed E-state index contributed by atoms with van der Waals surface area (Å²) in [5.74, 6) is 0. The number of allylic oxidation sites excluding steroid dienone is 3. The van der Waals surface area contributed by atoms with Gasteiger partial charge < -0.3 is 22.2 Å². The van der Waals surface area contributed by atoms with E-state index in [9.17, 15) is 0 Å². The molecular weight excluding hydrogens is 621 g/mol. The van der Waals surface area contributed by atoms with Crippen molar-refractivity contribution in [2.75, 3.05) is 11.1 Å². The zero-order chi connectivity index (χ0) is 37.4. The number of benzene rings is 6. The summed E-state index contributed by atoms with van der Waals surface area (Å²) in [5.41, 5.74) is 24.2. The maximum Gasteiger partial charge on any atom is 0.0391 e. The second-order valence-corrected chi connectivity index (χ2v) is 11.6. The summed E-state index contributed by atoms with van der Waals surface area (Å²) in [5, 5.41) is 8.82. The van der Waals surface area contributed by atoms with Crippen LogP contribution in [0, 0.1) is 26.2 Å². The normalized spacial score (nSPS) is 9.96. The van der Waals surface area contributed by atoms with Gasteiger partial charge in [-0.3, -0.25) is 0 Å². The second-order valence-electron chi connectivity index (χ2n) is 11.6. The SMILES string of the molecule is C=C/C(=C(\C)N)c1ccccc1C(=C)Nc1ccccc1.C=N.Cc1ccc(-c2ccc(C)cc2)cc1.Cc1ccccc1.Nc1ccccc1. The summed E-state index contributed by atoms with van der Waals surface area (Å²) in [4.78, 5) is 0. The third-order valence-electron chi connectivity index (χ3n) is 7.42. The first kappa shape index (κ1) is 40.8. The quantitative estimate of drug-likeness (QED) is 0.0806. The Morgan fingerprint density at radius 2 is 0.922 bits per heavy atom. The van der Waals surface area contributed by atoms with Crippen LogP contribution in [0.2, 0.25) is 0 Å². The van der Waals surface area contributed by atoms with E-state index in [4.69, 9.17) is 16.9 Å². The monoisotopic (exact) mass is 672 g/mol.